The Balaban J connectivity index is 2.68. The SMILES string of the molecule is CC(C)[C@@H](NC(=O)N(C)Cc1ccccc1Cl)C(=O)O. The molecule has 0 saturated heterocycles. The third-order valence-electron chi connectivity index (χ3n) is 2.92. The average Bonchev–Trinajstić information content (AvgIpc) is 2.37. The number of carboxylic acids is 1. The highest BCUT2D eigenvalue weighted by Crippen LogP contribution is 2.16. The van der Waals surface area contributed by atoms with Crippen molar-refractivity contribution in [3.63, 3.8) is 0 Å². The van der Waals surface area contributed by atoms with Gasteiger partial charge in [-0.1, -0.05) is 43.6 Å². The first-order chi connectivity index (χ1) is 9.32. The molecular formula is C14H19ClN2O3. The van der Waals surface area contributed by atoms with E-state index in [1.807, 2.05) is 18.2 Å². The number of carboxylic acid groups (broad SMARTS) is 1. The van der Waals surface area contributed by atoms with E-state index in [2.05, 4.69) is 5.32 Å². The number of aliphatic carboxylic acids is 1. The van der Waals surface area contributed by atoms with E-state index in [1.54, 1.807) is 27.0 Å². The zero-order chi connectivity index (χ0) is 15.3. The van der Waals surface area contributed by atoms with Crippen LogP contribution in [0.1, 0.15) is 19.4 Å². The molecule has 0 saturated carbocycles. The number of hydrogen-bond donors (Lipinski definition) is 2. The molecule has 20 heavy (non-hydrogen) atoms. The number of carbonyl (C=O) groups excluding carboxylic acids is 1. The van der Waals surface area contributed by atoms with E-state index >= 15 is 0 Å². The van der Waals surface area contributed by atoms with E-state index in [-0.39, 0.29) is 5.92 Å². The van der Waals surface area contributed by atoms with Gasteiger partial charge >= 0.3 is 12.0 Å². The molecule has 1 aromatic carbocycles. The Kier molecular flexibility index (Phi) is 5.82. The van der Waals surface area contributed by atoms with E-state index in [0.717, 1.165) is 5.56 Å². The highest BCUT2D eigenvalue weighted by Gasteiger charge is 2.24. The third-order valence-corrected chi connectivity index (χ3v) is 3.29. The molecule has 1 aromatic rings. The minimum absolute atomic E-state index is 0.190. The fourth-order valence-corrected chi connectivity index (χ4v) is 1.91. The van der Waals surface area contributed by atoms with Crippen LogP contribution in [0, 0.1) is 5.92 Å². The summed E-state index contributed by atoms with van der Waals surface area (Å²) in [5.74, 6) is -1.23. The molecule has 0 aromatic heterocycles. The van der Waals surface area contributed by atoms with Crippen LogP contribution in [0.3, 0.4) is 0 Å². The first-order valence-electron chi connectivity index (χ1n) is 6.30. The van der Waals surface area contributed by atoms with Crippen molar-refractivity contribution in [3.05, 3.63) is 34.9 Å². The normalized spacial score (nSPS) is 12.1. The van der Waals surface area contributed by atoms with Crippen molar-refractivity contribution < 1.29 is 14.7 Å². The summed E-state index contributed by atoms with van der Waals surface area (Å²) in [4.78, 5) is 24.4. The molecule has 0 fully saturated rings. The molecule has 0 heterocycles. The van der Waals surface area contributed by atoms with Gasteiger partial charge < -0.3 is 15.3 Å². The van der Waals surface area contributed by atoms with E-state index in [9.17, 15) is 9.59 Å². The van der Waals surface area contributed by atoms with Crippen LogP contribution in [0.25, 0.3) is 0 Å². The number of hydrogen-bond acceptors (Lipinski definition) is 2. The summed E-state index contributed by atoms with van der Waals surface area (Å²) in [6.45, 7) is 3.80. The van der Waals surface area contributed by atoms with Crippen LogP contribution >= 0.6 is 11.6 Å². The van der Waals surface area contributed by atoms with Gasteiger partial charge in [-0.3, -0.25) is 0 Å². The fraction of sp³-hybridized carbons (Fsp3) is 0.429. The zero-order valence-corrected chi connectivity index (χ0v) is 12.5. The van der Waals surface area contributed by atoms with Crippen molar-refractivity contribution in [2.75, 3.05) is 7.05 Å². The van der Waals surface area contributed by atoms with Crippen molar-refractivity contribution in [2.45, 2.75) is 26.4 Å². The number of benzene rings is 1. The Labute approximate surface area is 123 Å². The van der Waals surface area contributed by atoms with Gasteiger partial charge in [-0.25, -0.2) is 9.59 Å². The summed E-state index contributed by atoms with van der Waals surface area (Å²) in [5.41, 5.74) is 0.809. The molecule has 5 nitrogen and oxygen atoms in total. The summed E-state index contributed by atoms with van der Waals surface area (Å²) in [7, 11) is 1.60. The molecule has 0 spiro atoms. The van der Waals surface area contributed by atoms with Gasteiger partial charge in [0.25, 0.3) is 0 Å². The highest BCUT2D eigenvalue weighted by atomic mass is 35.5. The predicted molar refractivity (Wildman–Crippen MR) is 77.7 cm³/mol. The summed E-state index contributed by atoms with van der Waals surface area (Å²) >= 11 is 6.03. The number of halogens is 1. The standard InChI is InChI=1S/C14H19ClN2O3/c1-9(2)12(13(18)19)16-14(20)17(3)8-10-6-4-5-7-11(10)15/h4-7,9,12H,8H2,1-3H3,(H,16,20)(H,18,19)/t12-/m1/s1. The van der Waals surface area contributed by atoms with E-state index in [0.29, 0.717) is 11.6 Å². The van der Waals surface area contributed by atoms with Gasteiger partial charge in [-0.05, 0) is 17.5 Å². The quantitative estimate of drug-likeness (QED) is 0.878. The van der Waals surface area contributed by atoms with Crippen molar-refractivity contribution in [2.24, 2.45) is 5.92 Å². The Morgan fingerprint density at radius 3 is 2.45 bits per heavy atom. The fourth-order valence-electron chi connectivity index (χ4n) is 1.71. The molecule has 0 radical (unpaired) electrons. The first kappa shape index (κ1) is 16.3. The topological polar surface area (TPSA) is 69.6 Å². The van der Waals surface area contributed by atoms with E-state index in [4.69, 9.17) is 16.7 Å². The van der Waals surface area contributed by atoms with Crippen LogP contribution < -0.4 is 5.32 Å². The van der Waals surface area contributed by atoms with Crippen molar-refractivity contribution in [1.82, 2.24) is 10.2 Å². The van der Waals surface area contributed by atoms with Crippen LogP contribution in [0.5, 0.6) is 0 Å². The monoisotopic (exact) mass is 298 g/mol. The van der Waals surface area contributed by atoms with Gasteiger partial charge in [0.2, 0.25) is 0 Å². The Morgan fingerprint density at radius 1 is 1.35 bits per heavy atom. The molecule has 110 valence electrons. The molecule has 0 aliphatic rings. The van der Waals surface area contributed by atoms with Gasteiger partial charge in [0.1, 0.15) is 6.04 Å². The van der Waals surface area contributed by atoms with Crippen LogP contribution in [-0.2, 0) is 11.3 Å². The number of nitrogens with zero attached hydrogens (tertiary/aromatic N) is 1. The molecular weight excluding hydrogens is 280 g/mol. The van der Waals surface area contributed by atoms with Crippen LogP contribution in [0.4, 0.5) is 4.79 Å². The Hall–Kier alpha value is -1.75. The third kappa shape index (κ3) is 4.42. The Morgan fingerprint density at radius 2 is 1.95 bits per heavy atom. The molecule has 2 amide bonds. The molecule has 0 unspecified atom stereocenters. The lowest BCUT2D eigenvalue weighted by Crippen LogP contribution is -2.48. The predicted octanol–water partition coefficient (Wildman–Crippen LogP) is 2.59. The van der Waals surface area contributed by atoms with Gasteiger partial charge in [0.15, 0.2) is 0 Å². The molecule has 0 aliphatic heterocycles. The second-order valence-electron chi connectivity index (χ2n) is 4.96. The summed E-state index contributed by atoms with van der Waals surface area (Å²) in [6, 6.07) is 5.87. The smallest absolute Gasteiger partial charge is 0.326 e. The summed E-state index contributed by atoms with van der Waals surface area (Å²) in [5, 5.41) is 12.1. The van der Waals surface area contributed by atoms with Crippen LogP contribution in [0.15, 0.2) is 24.3 Å². The van der Waals surface area contributed by atoms with E-state index < -0.39 is 18.0 Å². The number of carbonyl (C=O) groups is 2. The van der Waals surface area contributed by atoms with Gasteiger partial charge in [0.05, 0.1) is 0 Å². The minimum Gasteiger partial charge on any atom is -0.480 e. The number of rotatable bonds is 5. The van der Waals surface area contributed by atoms with Gasteiger partial charge in [-0.15, -0.1) is 0 Å². The van der Waals surface area contributed by atoms with E-state index in [1.165, 1.54) is 4.90 Å². The van der Waals surface area contributed by atoms with Crippen LogP contribution in [-0.4, -0.2) is 35.1 Å². The van der Waals surface area contributed by atoms with Crippen molar-refractivity contribution >= 4 is 23.6 Å². The van der Waals surface area contributed by atoms with Crippen LogP contribution in [0.2, 0.25) is 5.02 Å². The maximum Gasteiger partial charge on any atom is 0.326 e. The number of nitrogens with one attached hydrogen (secondary N) is 1. The lowest BCUT2D eigenvalue weighted by Gasteiger charge is -2.23. The lowest BCUT2D eigenvalue weighted by atomic mass is 10.1. The average molecular weight is 299 g/mol. The summed E-state index contributed by atoms with van der Waals surface area (Å²) in [6.07, 6.45) is 0. The molecule has 2 N–H and O–H groups in total. The van der Waals surface area contributed by atoms with Crippen molar-refractivity contribution in [3.8, 4) is 0 Å². The molecule has 6 heteroatoms. The first-order valence-corrected chi connectivity index (χ1v) is 6.68. The lowest BCUT2D eigenvalue weighted by molar-refractivity contribution is -0.140. The second-order valence-corrected chi connectivity index (χ2v) is 5.36. The maximum atomic E-state index is 12.0. The van der Waals surface area contributed by atoms with Gasteiger partial charge in [-0.2, -0.15) is 0 Å². The molecule has 1 rings (SSSR count). The van der Waals surface area contributed by atoms with Gasteiger partial charge in [0, 0.05) is 18.6 Å². The number of urea groups is 1. The zero-order valence-electron chi connectivity index (χ0n) is 11.8. The Bertz CT molecular complexity index is 491. The molecule has 0 bridgehead atoms. The maximum absolute atomic E-state index is 12.0. The number of amides is 2. The molecule has 1 atom stereocenters. The minimum atomic E-state index is -1.04. The summed E-state index contributed by atoms with van der Waals surface area (Å²) < 4.78 is 0. The highest BCUT2D eigenvalue weighted by molar-refractivity contribution is 6.31. The molecule has 0 aliphatic carbocycles. The largest absolute Gasteiger partial charge is 0.480 e. The second kappa shape index (κ2) is 7.14. The van der Waals surface area contributed by atoms with Crippen molar-refractivity contribution in [1.29, 1.82) is 0 Å².